The Bertz CT molecular complexity index is 2720. The molecule has 1 aliphatic heterocycles. The van der Waals surface area contributed by atoms with Gasteiger partial charge in [0.2, 0.25) is 0 Å². The first-order chi connectivity index (χ1) is 23.9. The Morgan fingerprint density at radius 2 is 1.00 bits per heavy atom. The third-order valence-electron chi connectivity index (χ3n) is 10.7. The van der Waals surface area contributed by atoms with Crippen molar-refractivity contribution in [2.75, 3.05) is 0 Å². The molecule has 2 heteroatoms. The van der Waals surface area contributed by atoms with Crippen LogP contribution in [0.5, 0.6) is 0 Å². The summed E-state index contributed by atoms with van der Waals surface area (Å²) in [5.74, 6) is 0. The molecule has 0 spiro atoms. The zero-order valence-electron chi connectivity index (χ0n) is 26.0. The summed E-state index contributed by atoms with van der Waals surface area (Å²) in [4.78, 5) is 4.94. The molecule has 8 aromatic rings. The van der Waals surface area contributed by atoms with Gasteiger partial charge in [0, 0.05) is 17.3 Å². The van der Waals surface area contributed by atoms with Crippen LogP contribution in [0.1, 0.15) is 11.6 Å². The summed E-state index contributed by atoms with van der Waals surface area (Å²) >= 11 is 0. The van der Waals surface area contributed by atoms with Crippen molar-refractivity contribution in [3.8, 4) is 66.9 Å². The van der Waals surface area contributed by atoms with Crippen molar-refractivity contribution in [2.45, 2.75) is 6.04 Å². The Balaban J connectivity index is 1.24. The normalized spacial score (nSPS) is 14.9. The minimum Gasteiger partial charge on any atom is -0.381 e. The minimum atomic E-state index is 0.0496. The molecule has 1 atom stereocenters. The van der Waals surface area contributed by atoms with E-state index in [0.717, 1.165) is 5.69 Å². The molecule has 222 valence electrons. The molecule has 1 unspecified atom stereocenters. The van der Waals surface area contributed by atoms with E-state index in [1.807, 2.05) is 12.3 Å². The molecule has 2 aliphatic carbocycles. The van der Waals surface area contributed by atoms with E-state index < -0.39 is 0 Å². The standard InChI is InChI=1S/C46H28N2/c1-2-12-28-27(11-1)31-15-9-16-32-29(21-23-36(28)41(31)32)30-22-24-38-42-33(30)17-10-18-37(42)45-43(39-19-5-7-25-47-39)34-13-3-4-14-35(34)44(46(38)45)40-20-6-8-26-48-40/h1-26,40,48H. The van der Waals surface area contributed by atoms with Gasteiger partial charge < -0.3 is 5.32 Å². The molecule has 7 aromatic carbocycles. The van der Waals surface area contributed by atoms with E-state index >= 15 is 0 Å². The molecule has 48 heavy (non-hydrogen) atoms. The van der Waals surface area contributed by atoms with Crippen LogP contribution >= 0.6 is 0 Å². The molecule has 3 aliphatic rings. The smallest absolute Gasteiger partial charge is 0.0714 e. The summed E-state index contributed by atoms with van der Waals surface area (Å²) in [5, 5.41) is 11.4. The average molecular weight is 609 g/mol. The minimum absolute atomic E-state index is 0.0496. The molecule has 0 radical (unpaired) electrons. The van der Waals surface area contributed by atoms with Gasteiger partial charge in [-0.05, 0) is 112 Å². The van der Waals surface area contributed by atoms with Crippen LogP contribution in [0.25, 0.3) is 99.2 Å². The Morgan fingerprint density at radius 1 is 0.417 bits per heavy atom. The predicted molar refractivity (Wildman–Crippen MR) is 201 cm³/mol. The number of pyridine rings is 1. The highest BCUT2D eigenvalue weighted by molar-refractivity contribution is 6.27. The SMILES string of the molecule is C1=CNC(c2c3c(c(-c4ccccn4)c4ccccc24)-c2cccc4c(-c5ccc6c7c(cccc57)-c5ccccc5-6)ccc-3c24)C=C1. The zero-order valence-corrected chi connectivity index (χ0v) is 26.0. The van der Waals surface area contributed by atoms with Crippen LogP contribution in [-0.4, -0.2) is 4.98 Å². The van der Waals surface area contributed by atoms with Crippen molar-refractivity contribution in [2.24, 2.45) is 0 Å². The highest BCUT2D eigenvalue weighted by atomic mass is 14.9. The van der Waals surface area contributed by atoms with E-state index in [1.54, 1.807) is 0 Å². The van der Waals surface area contributed by atoms with Crippen LogP contribution in [0.4, 0.5) is 0 Å². The second-order valence-corrected chi connectivity index (χ2v) is 13.0. The second-order valence-electron chi connectivity index (χ2n) is 13.0. The third-order valence-corrected chi connectivity index (χ3v) is 10.7. The fraction of sp³-hybridized carbons (Fsp3) is 0.0217. The number of nitrogens with one attached hydrogen (secondary N) is 1. The van der Waals surface area contributed by atoms with E-state index in [0.29, 0.717) is 0 Å². The van der Waals surface area contributed by atoms with Crippen LogP contribution in [0.2, 0.25) is 0 Å². The molecule has 11 rings (SSSR count). The number of rotatable bonds is 3. The van der Waals surface area contributed by atoms with Crippen molar-refractivity contribution in [1.82, 2.24) is 10.3 Å². The van der Waals surface area contributed by atoms with E-state index in [2.05, 4.69) is 151 Å². The number of dihydropyridines is 1. The predicted octanol–water partition coefficient (Wildman–Crippen LogP) is 11.9. The lowest BCUT2D eigenvalue weighted by molar-refractivity contribution is 0.754. The summed E-state index contributed by atoms with van der Waals surface area (Å²) in [5.41, 5.74) is 16.5. The van der Waals surface area contributed by atoms with Crippen LogP contribution in [0.15, 0.2) is 158 Å². The second kappa shape index (κ2) is 9.63. The van der Waals surface area contributed by atoms with E-state index in [1.165, 1.54) is 99.1 Å². The highest BCUT2D eigenvalue weighted by Crippen LogP contribution is 2.58. The van der Waals surface area contributed by atoms with E-state index in [-0.39, 0.29) is 6.04 Å². The highest BCUT2D eigenvalue weighted by Gasteiger charge is 2.33. The van der Waals surface area contributed by atoms with E-state index in [4.69, 9.17) is 4.98 Å². The van der Waals surface area contributed by atoms with Gasteiger partial charge in [0.15, 0.2) is 0 Å². The monoisotopic (exact) mass is 608 g/mol. The van der Waals surface area contributed by atoms with Crippen molar-refractivity contribution in [1.29, 1.82) is 0 Å². The van der Waals surface area contributed by atoms with Gasteiger partial charge >= 0.3 is 0 Å². The summed E-state index contributed by atoms with van der Waals surface area (Å²) in [7, 11) is 0. The van der Waals surface area contributed by atoms with Crippen LogP contribution in [0.3, 0.4) is 0 Å². The van der Waals surface area contributed by atoms with Gasteiger partial charge in [0.25, 0.3) is 0 Å². The molecule has 0 bridgehead atoms. The molecule has 0 saturated carbocycles. The fourth-order valence-electron chi connectivity index (χ4n) is 8.84. The molecule has 0 fully saturated rings. The lowest BCUT2D eigenvalue weighted by Crippen LogP contribution is -2.16. The molecule has 1 N–H and O–H groups in total. The number of hydrogen-bond donors (Lipinski definition) is 1. The van der Waals surface area contributed by atoms with E-state index in [9.17, 15) is 0 Å². The Labute approximate surface area is 278 Å². The number of fused-ring (bicyclic) bond motifs is 7. The first kappa shape index (κ1) is 25.9. The summed E-state index contributed by atoms with van der Waals surface area (Å²) in [6, 6.07) is 47.1. The van der Waals surface area contributed by atoms with Crippen molar-refractivity contribution in [3.63, 3.8) is 0 Å². The molecule has 2 nitrogen and oxygen atoms in total. The maximum absolute atomic E-state index is 4.94. The van der Waals surface area contributed by atoms with Crippen LogP contribution in [-0.2, 0) is 0 Å². The average Bonchev–Trinajstić information content (AvgIpc) is 3.66. The first-order valence-corrected chi connectivity index (χ1v) is 16.7. The van der Waals surface area contributed by atoms with Gasteiger partial charge in [-0.1, -0.05) is 127 Å². The van der Waals surface area contributed by atoms with Gasteiger partial charge in [-0.25, -0.2) is 0 Å². The zero-order chi connectivity index (χ0) is 31.3. The van der Waals surface area contributed by atoms with Crippen molar-refractivity contribution < 1.29 is 0 Å². The summed E-state index contributed by atoms with van der Waals surface area (Å²) in [6.07, 6.45) is 10.5. The fourth-order valence-corrected chi connectivity index (χ4v) is 8.84. The molecular formula is C46H28N2. The summed E-state index contributed by atoms with van der Waals surface area (Å²) < 4.78 is 0. The third kappa shape index (κ3) is 3.34. The number of aromatic nitrogens is 1. The number of nitrogens with zero attached hydrogens (tertiary/aromatic N) is 1. The topological polar surface area (TPSA) is 24.9 Å². The van der Waals surface area contributed by atoms with Gasteiger partial charge in [0.05, 0.1) is 11.7 Å². The van der Waals surface area contributed by atoms with Crippen LogP contribution < -0.4 is 5.32 Å². The Kier molecular flexibility index (Phi) is 5.20. The number of hydrogen-bond acceptors (Lipinski definition) is 2. The molecule has 2 heterocycles. The van der Waals surface area contributed by atoms with Crippen molar-refractivity contribution in [3.05, 3.63) is 164 Å². The first-order valence-electron chi connectivity index (χ1n) is 16.7. The molecular weight excluding hydrogens is 581 g/mol. The summed E-state index contributed by atoms with van der Waals surface area (Å²) in [6.45, 7) is 0. The Morgan fingerprint density at radius 3 is 1.73 bits per heavy atom. The maximum atomic E-state index is 4.94. The quantitative estimate of drug-likeness (QED) is 0.216. The van der Waals surface area contributed by atoms with Gasteiger partial charge in [0.1, 0.15) is 0 Å². The van der Waals surface area contributed by atoms with Crippen LogP contribution in [0, 0.1) is 0 Å². The van der Waals surface area contributed by atoms with Gasteiger partial charge in [-0.2, -0.15) is 0 Å². The molecule has 1 aromatic heterocycles. The van der Waals surface area contributed by atoms with Crippen molar-refractivity contribution >= 4 is 32.3 Å². The largest absolute Gasteiger partial charge is 0.381 e. The maximum Gasteiger partial charge on any atom is 0.0714 e. The van der Waals surface area contributed by atoms with Gasteiger partial charge in [-0.3, -0.25) is 4.98 Å². The van der Waals surface area contributed by atoms with Gasteiger partial charge in [-0.15, -0.1) is 0 Å². The number of allylic oxidation sites excluding steroid dienone is 2. The lowest BCUT2D eigenvalue weighted by Gasteiger charge is -2.25. The lowest BCUT2D eigenvalue weighted by atomic mass is 9.83. The number of benzene rings is 7. The molecule has 0 saturated heterocycles. The molecule has 0 amide bonds. The Hall–Kier alpha value is -6.25.